The summed E-state index contributed by atoms with van der Waals surface area (Å²) in [7, 11) is 0. The van der Waals surface area contributed by atoms with Crippen LogP contribution >= 0.6 is 0 Å². The predicted octanol–water partition coefficient (Wildman–Crippen LogP) is 6.31. The topological polar surface area (TPSA) is 93.6 Å². The summed E-state index contributed by atoms with van der Waals surface area (Å²) in [6.07, 6.45) is 2.42. The summed E-state index contributed by atoms with van der Waals surface area (Å²) >= 11 is 0. The summed E-state index contributed by atoms with van der Waals surface area (Å²) in [5, 5.41) is 0.583. The fourth-order valence-electron chi connectivity index (χ4n) is 6.01. The molecule has 6 rings (SSSR count). The number of aromatic nitrogens is 1. The van der Waals surface area contributed by atoms with Crippen LogP contribution in [-0.4, -0.2) is 35.2 Å². The Morgan fingerprint density at radius 2 is 1.64 bits per heavy atom. The largest absolute Gasteiger partial charge is 0.454 e. The highest BCUT2D eigenvalue weighted by atomic mass is 19.1. The maximum atomic E-state index is 13.2. The van der Waals surface area contributed by atoms with Gasteiger partial charge in [0.05, 0.1) is 34.3 Å². The molecule has 1 aliphatic heterocycles. The van der Waals surface area contributed by atoms with E-state index in [9.17, 15) is 23.6 Å². The van der Waals surface area contributed by atoms with Gasteiger partial charge in [-0.05, 0) is 86.7 Å². The van der Waals surface area contributed by atoms with Crippen LogP contribution in [0.4, 0.5) is 10.1 Å². The number of rotatable bonds is 6. The van der Waals surface area contributed by atoms with Crippen molar-refractivity contribution < 1.29 is 28.3 Å². The number of amides is 2. The van der Waals surface area contributed by atoms with Crippen LogP contribution in [0.1, 0.15) is 52.5 Å². The molecule has 3 atom stereocenters. The number of Topliss-reactive ketones (excluding diaryl/α,β-unsaturated/α-hetero) is 1. The average molecular weight is 565 g/mol. The highest BCUT2D eigenvalue weighted by Crippen LogP contribution is 2.42. The third kappa shape index (κ3) is 5.09. The Labute approximate surface area is 242 Å². The van der Waals surface area contributed by atoms with E-state index in [-0.39, 0.29) is 34.8 Å². The lowest BCUT2D eigenvalue weighted by atomic mass is 9.76. The smallest absolute Gasteiger partial charge is 0.339 e. The molecule has 2 fully saturated rings. The molecule has 2 aliphatic rings. The Bertz CT molecular complexity index is 1730. The van der Waals surface area contributed by atoms with Crippen LogP contribution in [0.2, 0.25) is 0 Å². The summed E-state index contributed by atoms with van der Waals surface area (Å²) in [6.45, 7) is 3.52. The van der Waals surface area contributed by atoms with Gasteiger partial charge in [0, 0.05) is 16.5 Å². The van der Waals surface area contributed by atoms with Crippen molar-refractivity contribution in [1.29, 1.82) is 0 Å². The fourth-order valence-corrected chi connectivity index (χ4v) is 6.01. The first kappa shape index (κ1) is 27.4. The lowest BCUT2D eigenvalue weighted by Gasteiger charge is -2.25. The first-order chi connectivity index (χ1) is 20.2. The number of carbonyl (C=O) groups is 4. The van der Waals surface area contributed by atoms with Crippen molar-refractivity contribution in [2.24, 2.45) is 17.8 Å². The van der Waals surface area contributed by atoms with Crippen LogP contribution in [0.3, 0.4) is 0 Å². The second-order valence-corrected chi connectivity index (χ2v) is 11.3. The molecule has 212 valence electrons. The number of nitrogens with zero attached hydrogens (tertiary/aromatic N) is 2. The minimum absolute atomic E-state index is 0.135. The molecule has 0 N–H and O–H groups in total. The van der Waals surface area contributed by atoms with E-state index in [0.717, 1.165) is 24.8 Å². The van der Waals surface area contributed by atoms with E-state index in [2.05, 4.69) is 6.92 Å². The van der Waals surface area contributed by atoms with Gasteiger partial charge in [0.2, 0.25) is 11.8 Å². The molecule has 1 saturated carbocycles. The zero-order valence-corrected chi connectivity index (χ0v) is 23.3. The van der Waals surface area contributed by atoms with Gasteiger partial charge in [-0.25, -0.2) is 14.2 Å². The summed E-state index contributed by atoms with van der Waals surface area (Å²) in [5.74, 6) is -1.95. The Morgan fingerprint density at radius 1 is 0.929 bits per heavy atom. The minimum atomic E-state index is -0.688. The summed E-state index contributed by atoms with van der Waals surface area (Å²) in [4.78, 5) is 58.1. The molecule has 7 nitrogen and oxygen atoms in total. The van der Waals surface area contributed by atoms with Gasteiger partial charge in [0.15, 0.2) is 12.4 Å². The summed E-state index contributed by atoms with van der Waals surface area (Å²) < 4.78 is 18.6. The maximum Gasteiger partial charge on any atom is 0.339 e. The third-order valence-electron chi connectivity index (χ3n) is 8.29. The van der Waals surface area contributed by atoms with Crippen molar-refractivity contribution in [3.05, 3.63) is 95.3 Å². The molecule has 0 radical (unpaired) electrons. The number of halogens is 1. The van der Waals surface area contributed by atoms with E-state index in [1.165, 1.54) is 29.2 Å². The Hall–Kier alpha value is -4.72. The highest BCUT2D eigenvalue weighted by Gasteiger charge is 2.49. The van der Waals surface area contributed by atoms with Crippen molar-refractivity contribution in [2.75, 3.05) is 11.5 Å². The zero-order chi connectivity index (χ0) is 29.5. The number of ketones is 1. The molecule has 0 bridgehead atoms. The molecule has 42 heavy (non-hydrogen) atoms. The molecule has 0 spiro atoms. The molecular formula is C34H29FN2O5. The lowest BCUT2D eigenvalue weighted by molar-refractivity contribution is -0.122. The van der Waals surface area contributed by atoms with Gasteiger partial charge in [0.25, 0.3) is 0 Å². The van der Waals surface area contributed by atoms with E-state index in [4.69, 9.17) is 9.72 Å². The number of fused-ring (bicyclic) bond motifs is 2. The van der Waals surface area contributed by atoms with Crippen LogP contribution in [0, 0.1) is 30.5 Å². The van der Waals surface area contributed by atoms with Crippen molar-refractivity contribution >= 4 is 40.2 Å². The van der Waals surface area contributed by atoms with E-state index in [1.54, 1.807) is 30.3 Å². The number of esters is 1. The normalized spacial score (nSPS) is 20.1. The maximum absolute atomic E-state index is 13.2. The molecule has 1 saturated heterocycles. The average Bonchev–Trinajstić information content (AvgIpc) is 3.24. The molecule has 1 aromatic heterocycles. The molecule has 3 aromatic carbocycles. The Balaban J connectivity index is 1.27. The lowest BCUT2D eigenvalue weighted by Crippen LogP contribution is -2.30. The van der Waals surface area contributed by atoms with Crippen LogP contribution in [0.5, 0.6) is 0 Å². The van der Waals surface area contributed by atoms with E-state index < -0.39 is 24.2 Å². The number of ether oxygens (including phenoxy) is 1. The van der Waals surface area contributed by atoms with Crippen LogP contribution in [-0.2, 0) is 14.3 Å². The number of hydrogen-bond donors (Lipinski definition) is 0. The minimum Gasteiger partial charge on any atom is -0.454 e. The number of benzene rings is 3. The standard InChI is InChI=1S/C34H29FN2O5/c1-19-3-13-25-27(16-19)33(40)37(32(25)39)24-11-7-21(8-12-24)30-17-28(26-15-20(2)4-14-29(26)36-30)34(41)42-18-31(38)22-5-9-23(35)10-6-22/h4-12,14-15,17,19,25,27H,3,13,16,18H2,1-2H3/t19-,25-,27-/m0/s1. The van der Waals surface area contributed by atoms with Gasteiger partial charge in [-0.15, -0.1) is 0 Å². The number of aryl methyl sites for hydroxylation is 1. The summed E-state index contributed by atoms with van der Waals surface area (Å²) in [6, 6.07) is 19.2. The number of hydrogen-bond acceptors (Lipinski definition) is 6. The molecule has 0 unspecified atom stereocenters. The number of imide groups is 1. The van der Waals surface area contributed by atoms with Crippen molar-refractivity contribution in [1.82, 2.24) is 4.98 Å². The van der Waals surface area contributed by atoms with Gasteiger partial charge < -0.3 is 4.74 Å². The second-order valence-electron chi connectivity index (χ2n) is 11.3. The SMILES string of the molecule is Cc1ccc2nc(-c3ccc(N4C(=O)[C@H]5CC[C@H](C)C[C@@H]5C4=O)cc3)cc(C(=O)OCC(=O)c3ccc(F)cc3)c2c1. The number of anilines is 1. The molecule has 1 aliphatic carbocycles. The van der Waals surface area contributed by atoms with Gasteiger partial charge in [-0.1, -0.05) is 30.7 Å². The van der Waals surface area contributed by atoms with E-state index in [1.807, 2.05) is 25.1 Å². The predicted molar refractivity (Wildman–Crippen MR) is 155 cm³/mol. The Kier molecular flexibility index (Phi) is 7.14. The fraction of sp³-hybridized carbons (Fsp3) is 0.265. The molecular weight excluding hydrogens is 535 g/mol. The van der Waals surface area contributed by atoms with Crippen LogP contribution < -0.4 is 4.90 Å². The zero-order valence-electron chi connectivity index (χ0n) is 23.3. The molecule has 2 amide bonds. The third-order valence-corrected chi connectivity index (χ3v) is 8.29. The Morgan fingerprint density at radius 3 is 2.38 bits per heavy atom. The monoisotopic (exact) mass is 564 g/mol. The van der Waals surface area contributed by atoms with E-state index in [0.29, 0.717) is 33.8 Å². The van der Waals surface area contributed by atoms with Gasteiger partial charge in [-0.2, -0.15) is 0 Å². The first-order valence-corrected chi connectivity index (χ1v) is 14.0. The second kappa shape index (κ2) is 10.9. The quantitative estimate of drug-likeness (QED) is 0.155. The highest BCUT2D eigenvalue weighted by molar-refractivity contribution is 6.22. The molecule has 4 aromatic rings. The number of carbonyl (C=O) groups excluding carboxylic acids is 4. The van der Waals surface area contributed by atoms with Crippen LogP contribution in [0.15, 0.2) is 72.8 Å². The number of pyridine rings is 1. The van der Waals surface area contributed by atoms with Crippen molar-refractivity contribution in [2.45, 2.75) is 33.1 Å². The van der Waals surface area contributed by atoms with Crippen LogP contribution in [0.25, 0.3) is 22.2 Å². The molecule has 2 heterocycles. The van der Waals surface area contributed by atoms with Gasteiger partial charge in [-0.3, -0.25) is 19.3 Å². The van der Waals surface area contributed by atoms with Crippen molar-refractivity contribution in [3.8, 4) is 11.3 Å². The van der Waals surface area contributed by atoms with Crippen molar-refractivity contribution in [3.63, 3.8) is 0 Å². The van der Waals surface area contributed by atoms with E-state index >= 15 is 0 Å². The molecule has 8 heteroatoms. The first-order valence-electron chi connectivity index (χ1n) is 14.0. The summed E-state index contributed by atoms with van der Waals surface area (Å²) in [5.41, 5.74) is 3.68. The van der Waals surface area contributed by atoms with Gasteiger partial charge >= 0.3 is 5.97 Å². The van der Waals surface area contributed by atoms with Gasteiger partial charge in [0.1, 0.15) is 5.82 Å².